The Balaban J connectivity index is 0.985. The molecule has 290 valence electrons. The molecule has 0 spiro atoms. The van der Waals surface area contributed by atoms with Gasteiger partial charge >= 0.3 is 0 Å². The summed E-state index contributed by atoms with van der Waals surface area (Å²) in [6.45, 7) is 0. The molecule has 0 amide bonds. The average Bonchev–Trinajstić information content (AvgIpc) is 3.33. The van der Waals surface area contributed by atoms with Crippen LogP contribution in [0.3, 0.4) is 0 Å². The first-order chi connectivity index (χ1) is 29.6. The molecule has 0 heterocycles. The van der Waals surface area contributed by atoms with Crippen molar-refractivity contribution >= 4 is 47.6 Å². The molecule has 2 heteroatoms. The molecule has 0 bridgehead atoms. The molecular weight excluding hydrogens is 729 g/mol. The molecule has 0 atom stereocenters. The number of rotatable bonds is 13. The Morgan fingerprint density at radius 1 is 0.300 bits per heavy atom. The number of hydrogen-bond donors (Lipinski definition) is 0. The zero-order chi connectivity index (χ0) is 40.9. The fourth-order valence-electron chi connectivity index (χ4n) is 7.29. The van der Waals surface area contributed by atoms with Crippen LogP contribution in [-0.2, 0) is 0 Å². The third-order valence-corrected chi connectivity index (χ3v) is 10.6. The van der Waals surface area contributed by atoms with E-state index in [0.717, 1.165) is 78.3 Å². The molecule has 0 fully saturated rings. The summed E-state index contributed by atoms with van der Waals surface area (Å²) >= 11 is 0. The fraction of sp³-hybridized carbons (Fsp3) is 0.0345. The zero-order valence-electron chi connectivity index (χ0n) is 33.9. The summed E-state index contributed by atoms with van der Waals surface area (Å²) < 4.78 is 10.9. The summed E-state index contributed by atoms with van der Waals surface area (Å²) in [6, 6.07) is 72.2. The first-order valence-corrected chi connectivity index (χ1v) is 20.2. The summed E-state index contributed by atoms with van der Waals surface area (Å²) in [6.07, 6.45) is 13.3. The number of methoxy groups -OCH3 is 2. The van der Waals surface area contributed by atoms with E-state index in [2.05, 4.69) is 218 Å². The number of benzene rings is 8. The SMILES string of the molecule is COc1ccc(/C(=C\c2ccccc2C=Cc2ccc(-c3ccc(C=Cc4ccccc4/C=C(/c4ccccc4)c4ccc(OC)cc4)cc3)cc2)c2ccccc2)cc1. The molecule has 0 saturated heterocycles. The van der Waals surface area contributed by atoms with Gasteiger partial charge in [-0.1, -0.05) is 206 Å². The predicted molar refractivity (Wildman–Crippen MR) is 255 cm³/mol. The van der Waals surface area contributed by atoms with Crippen LogP contribution in [0.4, 0.5) is 0 Å². The lowest BCUT2D eigenvalue weighted by atomic mass is 9.94. The van der Waals surface area contributed by atoms with Crippen LogP contribution in [0.15, 0.2) is 206 Å². The summed E-state index contributed by atoms with van der Waals surface area (Å²) in [5, 5.41) is 0. The highest BCUT2D eigenvalue weighted by Crippen LogP contribution is 2.31. The van der Waals surface area contributed by atoms with E-state index in [9.17, 15) is 0 Å². The molecule has 0 radical (unpaired) electrons. The van der Waals surface area contributed by atoms with E-state index in [-0.39, 0.29) is 0 Å². The summed E-state index contributed by atoms with van der Waals surface area (Å²) in [5.41, 5.74) is 16.2. The van der Waals surface area contributed by atoms with Crippen molar-refractivity contribution in [3.8, 4) is 22.6 Å². The van der Waals surface area contributed by atoms with Crippen LogP contribution in [0.25, 0.3) is 58.7 Å². The summed E-state index contributed by atoms with van der Waals surface area (Å²) in [7, 11) is 3.39. The van der Waals surface area contributed by atoms with Crippen LogP contribution in [-0.4, -0.2) is 14.2 Å². The second kappa shape index (κ2) is 19.2. The molecule has 8 aromatic rings. The van der Waals surface area contributed by atoms with Crippen LogP contribution >= 0.6 is 0 Å². The maximum Gasteiger partial charge on any atom is 0.118 e. The largest absolute Gasteiger partial charge is 0.497 e. The van der Waals surface area contributed by atoms with Gasteiger partial charge in [0.15, 0.2) is 0 Å². The molecule has 0 aromatic heterocycles. The second-order valence-corrected chi connectivity index (χ2v) is 14.5. The van der Waals surface area contributed by atoms with E-state index < -0.39 is 0 Å². The standard InChI is InChI=1S/C58H46O2/c1-59-55-37-33-51(34-38-55)57(49-15-5-3-6-16-49)41-53-19-11-9-13-45(53)27-21-43-23-29-47(30-24-43)48-31-25-44(26-32-48)22-28-46-14-10-12-20-54(46)42-58(50-17-7-4-8-18-50)52-35-39-56(60-2)40-36-52/h3-42H,1-2H3/b27-21?,28-22?,57-41-,58-42-. The normalized spacial score (nSPS) is 11.9. The molecule has 0 unspecified atom stereocenters. The highest BCUT2D eigenvalue weighted by molar-refractivity contribution is 5.94. The van der Waals surface area contributed by atoms with Gasteiger partial charge in [0.25, 0.3) is 0 Å². The van der Waals surface area contributed by atoms with Gasteiger partial charge in [-0.25, -0.2) is 0 Å². The van der Waals surface area contributed by atoms with E-state index in [1.807, 2.05) is 24.3 Å². The van der Waals surface area contributed by atoms with E-state index in [0.29, 0.717) is 0 Å². The lowest BCUT2D eigenvalue weighted by molar-refractivity contribution is 0.414. The van der Waals surface area contributed by atoms with Crippen LogP contribution in [0.5, 0.6) is 11.5 Å². The molecule has 0 aliphatic heterocycles. The first kappa shape index (κ1) is 39.2. The van der Waals surface area contributed by atoms with E-state index in [1.54, 1.807) is 14.2 Å². The third-order valence-electron chi connectivity index (χ3n) is 10.6. The van der Waals surface area contributed by atoms with Crippen molar-refractivity contribution in [1.82, 2.24) is 0 Å². The average molecular weight is 775 g/mol. The molecule has 8 rings (SSSR count). The van der Waals surface area contributed by atoms with Crippen LogP contribution in [0, 0.1) is 0 Å². The molecule has 2 nitrogen and oxygen atoms in total. The molecule has 0 N–H and O–H groups in total. The minimum absolute atomic E-state index is 0.844. The smallest absolute Gasteiger partial charge is 0.118 e. The Bertz CT molecular complexity index is 2560. The molecule has 0 aliphatic rings. The predicted octanol–water partition coefficient (Wildman–Crippen LogP) is 14.9. The van der Waals surface area contributed by atoms with E-state index in [4.69, 9.17) is 9.47 Å². The Morgan fingerprint density at radius 2 is 0.617 bits per heavy atom. The molecule has 0 aliphatic carbocycles. The highest BCUT2D eigenvalue weighted by Gasteiger charge is 2.09. The van der Waals surface area contributed by atoms with Crippen LogP contribution in [0.1, 0.15) is 55.6 Å². The Labute approximate surface area is 354 Å². The minimum atomic E-state index is 0.844. The Morgan fingerprint density at radius 3 is 0.967 bits per heavy atom. The fourth-order valence-corrected chi connectivity index (χ4v) is 7.29. The maximum absolute atomic E-state index is 5.43. The molecule has 0 saturated carbocycles. The topological polar surface area (TPSA) is 18.5 Å². The quantitative estimate of drug-likeness (QED) is 0.109. The van der Waals surface area contributed by atoms with Gasteiger partial charge in [0.2, 0.25) is 0 Å². The van der Waals surface area contributed by atoms with Gasteiger partial charge < -0.3 is 9.47 Å². The van der Waals surface area contributed by atoms with Gasteiger partial charge in [-0.15, -0.1) is 0 Å². The second-order valence-electron chi connectivity index (χ2n) is 14.5. The molecular formula is C58H46O2. The Hall–Kier alpha value is -7.68. The van der Waals surface area contributed by atoms with Crippen molar-refractivity contribution in [2.45, 2.75) is 0 Å². The van der Waals surface area contributed by atoms with Crippen LogP contribution < -0.4 is 9.47 Å². The van der Waals surface area contributed by atoms with Gasteiger partial charge in [-0.05, 0) is 114 Å². The van der Waals surface area contributed by atoms with Crippen LogP contribution in [0.2, 0.25) is 0 Å². The van der Waals surface area contributed by atoms with Gasteiger partial charge in [0, 0.05) is 0 Å². The van der Waals surface area contributed by atoms with E-state index >= 15 is 0 Å². The summed E-state index contributed by atoms with van der Waals surface area (Å²) in [5.74, 6) is 1.69. The first-order valence-electron chi connectivity index (χ1n) is 20.2. The summed E-state index contributed by atoms with van der Waals surface area (Å²) in [4.78, 5) is 0. The molecule has 60 heavy (non-hydrogen) atoms. The highest BCUT2D eigenvalue weighted by atomic mass is 16.5. The lowest BCUT2D eigenvalue weighted by Crippen LogP contribution is -1.90. The number of hydrogen-bond acceptors (Lipinski definition) is 2. The van der Waals surface area contributed by atoms with Crippen molar-refractivity contribution in [1.29, 1.82) is 0 Å². The van der Waals surface area contributed by atoms with Crippen molar-refractivity contribution in [3.63, 3.8) is 0 Å². The number of ether oxygens (including phenoxy) is 2. The van der Waals surface area contributed by atoms with Crippen molar-refractivity contribution in [2.75, 3.05) is 14.2 Å². The molecule has 8 aromatic carbocycles. The Kier molecular flexibility index (Phi) is 12.5. The van der Waals surface area contributed by atoms with Crippen molar-refractivity contribution < 1.29 is 9.47 Å². The van der Waals surface area contributed by atoms with Gasteiger partial charge in [-0.3, -0.25) is 0 Å². The lowest BCUT2D eigenvalue weighted by Gasteiger charge is -2.11. The zero-order valence-corrected chi connectivity index (χ0v) is 33.9. The van der Waals surface area contributed by atoms with Crippen molar-refractivity contribution in [2.24, 2.45) is 0 Å². The minimum Gasteiger partial charge on any atom is -0.497 e. The maximum atomic E-state index is 5.43. The third kappa shape index (κ3) is 9.70. The van der Waals surface area contributed by atoms with Gasteiger partial charge in [0.1, 0.15) is 11.5 Å². The monoisotopic (exact) mass is 774 g/mol. The van der Waals surface area contributed by atoms with Crippen molar-refractivity contribution in [3.05, 3.63) is 262 Å². The van der Waals surface area contributed by atoms with E-state index in [1.165, 1.54) is 11.1 Å². The van der Waals surface area contributed by atoms with Gasteiger partial charge in [-0.2, -0.15) is 0 Å². The van der Waals surface area contributed by atoms with Gasteiger partial charge in [0.05, 0.1) is 14.2 Å².